The summed E-state index contributed by atoms with van der Waals surface area (Å²) >= 11 is 0. The molecule has 3 nitrogen and oxygen atoms in total. The number of hydrogen-bond donors (Lipinski definition) is 2. The van der Waals surface area contributed by atoms with E-state index in [0.29, 0.717) is 12.1 Å². The van der Waals surface area contributed by atoms with Crippen LogP contribution in [-0.4, -0.2) is 42.7 Å². The van der Waals surface area contributed by atoms with Gasteiger partial charge in [-0.15, -0.1) is 0 Å². The van der Waals surface area contributed by atoms with Gasteiger partial charge < -0.3 is 10.4 Å². The first-order valence-electron chi connectivity index (χ1n) is 6.10. The molecule has 1 saturated heterocycles. The quantitative estimate of drug-likeness (QED) is 0.849. The van der Waals surface area contributed by atoms with E-state index < -0.39 is 17.2 Å². The molecule has 18 heavy (non-hydrogen) atoms. The smallest absolute Gasteiger partial charge is 0.159 e. The molecule has 0 bridgehead atoms. The number of rotatable bonds is 3. The van der Waals surface area contributed by atoms with Crippen LogP contribution in [0, 0.1) is 11.6 Å². The molecule has 1 unspecified atom stereocenters. The van der Waals surface area contributed by atoms with Crippen molar-refractivity contribution in [1.82, 2.24) is 10.2 Å². The van der Waals surface area contributed by atoms with Crippen molar-refractivity contribution >= 4 is 0 Å². The number of nitrogens with one attached hydrogen (secondary N) is 1. The van der Waals surface area contributed by atoms with E-state index in [-0.39, 0.29) is 0 Å². The lowest BCUT2D eigenvalue weighted by Gasteiger charge is -2.34. The predicted octanol–water partition coefficient (Wildman–Crippen LogP) is 1.08. The molecule has 1 heterocycles. The van der Waals surface area contributed by atoms with E-state index >= 15 is 0 Å². The lowest BCUT2D eigenvalue weighted by atomic mass is 9.95. The Morgan fingerprint density at radius 2 is 1.94 bits per heavy atom. The van der Waals surface area contributed by atoms with Gasteiger partial charge in [-0.1, -0.05) is 6.07 Å². The zero-order chi connectivity index (χ0) is 13.2. The third-order valence-electron chi connectivity index (χ3n) is 3.28. The molecule has 0 saturated carbocycles. The molecule has 1 aliphatic heterocycles. The van der Waals surface area contributed by atoms with Crippen LogP contribution in [0.3, 0.4) is 0 Å². The molecule has 1 atom stereocenters. The highest BCUT2D eigenvalue weighted by Gasteiger charge is 2.27. The summed E-state index contributed by atoms with van der Waals surface area (Å²) in [5.74, 6) is -1.81. The Kier molecular flexibility index (Phi) is 3.94. The van der Waals surface area contributed by atoms with Gasteiger partial charge in [0.25, 0.3) is 0 Å². The highest BCUT2D eigenvalue weighted by atomic mass is 19.2. The highest BCUT2D eigenvalue weighted by molar-refractivity contribution is 5.24. The average Bonchev–Trinajstić information content (AvgIpc) is 2.33. The van der Waals surface area contributed by atoms with Crippen LogP contribution in [0.5, 0.6) is 0 Å². The molecule has 1 aromatic rings. The van der Waals surface area contributed by atoms with Gasteiger partial charge in [0.1, 0.15) is 0 Å². The van der Waals surface area contributed by atoms with Crippen molar-refractivity contribution in [3.05, 3.63) is 35.4 Å². The molecule has 0 aliphatic carbocycles. The molecule has 5 heteroatoms. The molecular weight excluding hydrogens is 238 g/mol. The van der Waals surface area contributed by atoms with Gasteiger partial charge in [-0.2, -0.15) is 0 Å². The molecule has 1 aliphatic rings. The van der Waals surface area contributed by atoms with E-state index in [4.69, 9.17) is 0 Å². The number of benzene rings is 1. The van der Waals surface area contributed by atoms with Crippen molar-refractivity contribution in [2.75, 3.05) is 32.7 Å². The number of nitrogens with zero attached hydrogens (tertiary/aromatic N) is 1. The van der Waals surface area contributed by atoms with E-state index in [1.165, 1.54) is 6.07 Å². The highest BCUT2D eigenvalue weighted by Crippen LogP contribution is 2.23. The van der Waals surface area contributed by atoms with Crippen LogP contribution in [0.25, 0.3) is 0 Å². The molecule has 0 amide bonds. The summed E-state index contributed by atoms with van der Waals surface area (Å²) in [5.41, 5.74) is -0.772. The molecule has 100 valence electrons. The summed E-state index contributed by atoms with van der Waals surface area (Å²) in [6.45, 7) is 5.50. The van der Waals surface area contributed by atoms with Crippen molar-refractivity contribution in [2.24, 2.45) is 0 Å². The largest absolute Gasteiger partial charge is 0.384 e. The van der Waals surface area contributed by atoms with E-state index in [1.54, 1.807) is 6.92 Å². The van der Waals surface area contributed by atoms with Crippen LogP contribution in [0.4, 0.5) is 8.78 Å². The van der Waals surface area contributed by atoms with Crippen molar-refractivity contribution in [1.29, 1.82) is 0 Å². The fourth-order valence-electron chi connectivity index (χ4n) is 2.23. The van der Waals surface area contributed by atoms with Crippen molar-refractivity contribution in [3.63, 3.8) is 0 Å². The normalized spacial score (nSPS) is 20.7. The van der Waals surface area contributed by atoms with E-state index in [1.807, 2.05) is 0 Å². The van der Waals surface area contributed by atoms with E-state index in [9.17, 15) is 13.9 Å². The number of piperazine rings is 1. The average molecular weight is 256 g/mol. The zero-order valence-corrected chi connectivity index (χ0v) is 10.4. The second-order valence-electron chi connectivity index (χ2n) is 4.93. The number of β-amino-alcohol motifs (C(OH)–C–C–N with tert-alkyl or cyclic N) is 1. The Morgan fingerprint density at radius 3 is 2.56 bits per heavy atom. The van der Waals surface area contributed by atoms with E-state index in [0.717, 1.165) is 38.3 Å². The molecule has 1 fully saturated rings. The van der Waals surface area contributed by atoms with Gasteiger partial charge in [0.2, 0.25) is 0 Å². The first kappa shape index (κ1) is 13.4. The molecule has 0 aromatic heterocycles. The monoisotopic (exact) mass is 256 g/mol. The van der Waals surface area contributed by atoms with Gasteiger partial charge in [-0.05, 0) is 24.6 Å². The van der Waals surface area contributed by atoms with Crippen LogP contribution < -0.4 is 5.32 Å². The second-order valence-corrected chi connectivity index (χ2v) is 4.93. The van der Waals surface area contributed by atoms with E-state index in [2.05, 4.69) is 10.2 Å². The number of hydrogen-bond acceptors (Lipinski definition) is 3. The SMILES string of the molecule is CC(O)(CN1CCNCC1)c1ccc(F)c(F)c1. The maximum atomic E-state index is 13.2. The molecule has 2 N–H and O–H groups in total. The lowest BCUT2D eigenvalue weighted by Crippen LogP contribution is -2.48. The van der Waals surface area contributed by atoms with Gasteiger partial charge in [0.15, 0.2) is 11.6 Å². The first-order valence-corrected chi connectivity index (χ1v) is 6.10. The van der Waals surface area contributed by atoms with Crippen LogP contribution in [0.1, 0.15) is 12.5 Å². The summed E-state index contributed by atoms with van der Waals surface area (Å²) in [6.07, 6.45) is 0. The third-order valence-corrected chi connectivity index (χ3v) is 3.28. The standard InChI is InChI=1S/C13H18F2N2O/c1-13(18,9-17-6-4-16-5-7-17)10-2-3-11(14)12(15)8-10/h2-3,8,16,18H,4-7,9H2,1H3. The molecule has 2 rings (SSSR count). The molecular formula is C13H18F2N2O. The lowest BCUT2D eigenvalue weighted by molar-refractivity contribution is 0.0123. The Bertz CT molecular complexity index is 417. The fourth-order valence-corrected chi connectivity index (χ4v) is 2.23. The Balaban J connectivity index is 2.10. The van der Waals surface area contributed by atoms with Crippen LogP contribution in [0.15, 0.2) is 18.2 Å². The van der Waals surface area contributed by atoms with Crippen molar-refractivity contribution in [3.8, 4) is 0 Å². The summed E-state index contributed by atoms with van der Waals surface area (Å²) in [4.78, 5) is 2.11. The minimum atomic E-state index is -1.17. The molecule has 1 aromatic carbocycles. The summed E-state index contributed by atoms with van der Waals surface area (Å²) in [6, 6.07) is 3.55. The Hall–Kier alpha value is -1.04. The summed E-state index contributed by atoms with van der Waals surface area (Å²) in [7, 11) is 0. The third kappa shape index (κ3) is 3.04. The van der Waals surface area contributed by atoms with Crippen LogP contribution >= 0.6 is 0 Å². The maximum Gasteiger partial charge on any atom is 0.159 e. The summed E-state index contributed by atoms with van der Waals surface area (Å²) in [5, 5.41) is 13.6. The van der Waals surface area contributed by atoms with Gasteiger partial charge in [-0.3, -0.25) is 4.90 Å². The predicted molar refractivity (Wildman–Crippen MR) is 65.2 cm³/mol. The minimum absolute atomic E-state index is 0.403. The topological polar surface area (TPSA) is 35.5 Å². The van der Waals surface area contributed by atoms with Crippen molar-refractivity contribution in [2.45, 2.75) is 12.5 Å². The first-order chi connectivity index (χ1) is 8.49. The Labute approximate surface area is 105 Å². The van der Waals surface area contributed by atoms with Gasteiger partial charge in [-0.25, -0.2) is 8.78 Å². The molecule has 0 spiro atoms. The summed E-state index contributed by atoms with van der Waals surface area (Å²) < 4.78 is 26.0. The van der Waals surface area contributed by atoms with Crippen LogP contribution in [-0.2, 0) is 5.60 Å². The number of aliphatic hydroxyl groups is 1. The second kappa shape index (κ2) is 5.30. The molecule has 0 radical (unpaired) electrons. The van der Waals surface area contributed by atoms with Gasteiger partial charge >= 0.3 is 0 Å². The van der Waals surface area contributed by atoms with Crippen molar-refractivity contribution < 1.29 is 13.9 Å². The zero-order valence-electron chi connectivity index (χ0n) is 10.4. The van der Waals surface area contributed by atoms with Gasteiger partial charge in [0.05, 0.1) is 5.60 Å². The van der Waals surface area contributed by atoms with Gasteiger partial charge in [0, 0.05) is 32.7 Å². The van der Waals surface area contributed by atoms with Crippen LogP contribution in [0.2, 0.25) is 0 Å². The fraction of sp³-hybridized carbons (Fsp3) is 0.538. The maximum absolute atomic E-state index is 13.2. The number of halogens is 2. The Morgan fingerprint density at radius 1 is 1.28 bits per heavy atom. The minimum Gasteiger partial charge on any atom is -0.384 e.